The molecule has 2 aliphatic rings. The van der Waals surface area contributed by atoms with E-state index in [0.717, 1.165) is 59.2 Å². The first-order chi connectivity index (χ1) is 16.3. The summed E-state index contributed by atoms with van der Waals surface area (Å²) >= 11 is 0. The molecule has 0 unspecified atom stereocenters. The van der Waals surface area contributed by atoms with Crippen molar-refractivity contribution in [2.75, 3.05) is 20.2 Å². The molecular weight excluding hydrogens is 430 g/mol. The number of amides is 1. The molecule has 7 heteroatoms. The number of nitrogens with one attached hydrogen (secondary N) is 1. The molecule has 0 saturated carbocycles. The summed E-state index contributed by atoms with van der Waals surface area (Å²) in [6.07, 6.45) is 4.53. The third kappa shape index (κ3) is 3.55. The number of aryl methyl sites for hydroxylation is 1. The molecule has 2 aromatic carbocycles. The van der Waals surface area contributed by atoms with Crippen molar-refractivity contribution in [3.8, 4) is 5.75 Å². The van der Waals surface area contributed by atoms with Crippen molar-refractivity contribution in [2.24, 2.45) is 0 Å². The topological polar surface area (TPSA) is 85.9 Å². The second-order valence-electron chi connectivity index (χ2n) is 9.59. The number of carboxylic acid groups (broad SMARTS) is 1. The normalized spacial score (nSPS) is 22.7. The lowest BCUT2D eigenvalue weighted by molar-refractivity contribution is -0.140. The molecule has 1 aromatic heterocycles. The van der Waals surface area contributed by atoms with Crippen LogP contribution in [0.3, 0.4) is 0 Å². The molecule has 2 bridgehead atoms. The number of ether oxygens (including phenoxy) is 1. The number of carbonyl (C=O) groups excluding carboxylic acids is 1. The third-order valence-corrected chi connectivity index (χ3v) is 7.87. The van der Waals surface area contributed by atoms with Gasteiger partial charge in [0, 0.05) is 55.3 Å². The largest absolute Gasteiger partial charge is 0.496 e. The Labute approximate surface area is 199 Å². The minimum absolute atomic E-state index is 0.127. The second kappa shape index (κ2) is 8.47. The molecule has 0 radical (unpaired) electrons. The van der Waals surface area contributed by atoms with E-state index in [-0.39, 0.29) is 23.1 Å². The van der Waals surface area contributed by atoms with Gasteiger partial charge in [-0.3, -0.25) is 9.69 Å². The number of carbonyl (C=O) groups is 2. The molecule has 5 rings (SSSR count). The number of fused-ring (bicyclic) bond motifs is 3. The molecule has 2 aliphatic heterocycles. The maximum Gasteiger partial charge on any atom is 0.335 e. The van der Waals surface area contributed by atoms with E-state index in [1.807, 2.05) is 23.2 Å². The van der Waals surface area contributed by atoms with E-state index in [2.05, 4.69) is 28.9 Å². The van der Waals surface area contributed by atoms with Crippen LogP contribution < -0.4 is 4.74 Å². The van der Waals surface area contributed by atoms with E-state index in [9.17, 15) is 14.7 Å². The molecule has 0 spiro atoms. The Morgan fingerprint density at radius 2 is 1.97 bits per heavy atom. The minimum atomic E-state index is -0.923. The number of aromatic amines is 1. The van der Waals surface area contributed by atoms with Crippen LogP contribution in [0.5, 0.6) is 5.75 Å². The highest BCUT2D eigenvalue weighted by Crippen LogP contribution is 2.47. The predicted molar refractivity (Wildman–Crippen MR) is 130 cm³/mol. The van der Waals surface area contributed by atoms with Crippen molar-refractivity contribution in [3.05, 3.63) is 64.8 Å². The maximum absolute atomic E-state index is 12.3. The van der Waals surface area contributed by atoms with Crippen LogP contribution in [-0.4, -0.2) is 58.0 Å². The zero-order chi connectivity index (χ0) is 24.0. The summed E-state index contributed by atoms with van der Waals surface area (Å²) in [6.45, 7) is 5.99. The molecule has 178 valence electrons. The lowest BCUT2D eigenvalue weighted by Gasteiger charge is -2.56. The first-order valence-corrected chi connectivity index (χ1v) is 11.8. The highest BCUT2D eigenvalue weighted by Gasteiger charge is 2.49. The fraction of sp³-hybridized carbons (Fsp3) is 0.407. The summed E-state index contributed by atoms with van der Waals surface area (Å²) in [6, 6.07) is 11.7. The van der Waals surface area contributed by atoms with Gasteiger partial charge in [0.25, 0.3) is 0 Å². The Hall–Kier alpha value is -3.32. The smallest absolute Gasteiger partial charge is 0.335 e. The number of benzene rings is 2. The molecule has 7 nitrogen and oxygen atoms in total. The number of aromatic carboxylic acids is 1. The van der Waals surface area contributed by atoms with Crippen molar-refractivity contribution >= 4 is 22.8 Å². The van der Waals surface area contributed by atoms with Crippen molar-refractivity contribution in [1.29, 1.82) is 0 Å². The Bertz CT molecular complexity index is 1250. The number of likely N-dealkylation sites (tertiary alicyclic amines) is 2. The van der Waals surface area contributed by atoms with E-state index in [1.165, 1.54) is 0 Å². The van der Waals surface area contributed by atoms with Gasteiger partial charge in [-0.25, -0.2) is 4.79 Å². The maximum atomic E-state index is 12.3. The number of H-pyrrole nitrogens is 1. The zero-order valence-electron chi connectivity index (χ0n) is 19.9. The lowest BCUT2D eigenvalue weighted by Crippen LogP contribution is -2.62. The minimum Gasteiger partial charge on any atom is -0.496 e. The van der Waals surface area contributed by atoms with Crippen LogP contribution in [0.15, 0.2) is 42.6 Å². The molecule has 2 saturated heterocycles. The van der Waals surface area contributed by atoms with E-state index in [0.29, 0.717) is 13.1 Å². The number of piperidine rings is 2. The van der Waals surface area contributed by atoms with Crippen molar-refractivity contribution in [1.82, 2.24) is 14.8 Å². The molecule has 2 N–H and O–H groups in total. The summed E-state index contributed by atoms with van der Waals surface area (Å²) in [7, 11) is 1.72. The van der Waals surface area contributed by atoms with Crippen LogP contribution in [0, 0.1) is 6.92 Å². The van der Waals surface area contributed by atoms with Gasteiger partial charge < -0.3 is 19.7 Å². The van der Waals surface area contributed by atoms with Crippen molar-refractivity contribution < 1.29 is 19.4 Å². The number of aromatic nitrogens is 1. The fourth-order valence-corrected chi connectivity index (χ4v) is 6.14. The standard InChI is InChI=1S/C27H31N3O4/c1-17-14-24(34-3)23(22-8-11-28-25(17)22)16-29-12-9-21-15-27(29,10-13-30(21)18(2)31)20-6-4-19(5-7-20)26(32)33/h4-8,11,14,21,28H,9-10,12-13,15-16H2,1-3H3,(H,32,33)/t21-,27-/m1/s1. The van der Waals surface area contributed by atoms with E-state index < -0.39 is 5.97 Å². The number of hydrogen-bond acceptors (Lipinski definition) is 4. The molecule has 1 amide bonds. The van der Waals surface area contributed by atoms with Gasteiger partial charge in [0.1, 0.15) is 5.75 Å². The number of rotatable bonds is 5. The van der Waals surface area contributed by atoms with Gasteiger partial charge >= 0.3 is 5.97 Å². The quantitative estimate of drug-likeness (QED) is 0.592. The van der Waals surface area contributed by atoms with Crippen LogP contribution >= 0.6 is 0 Å². The van der Waals surface area contributed by atoms with Gasteiger partial charge in [0.05, 0.1) is 18.2 Å². The van der Waals surface area contributed by atoms with E-state index >= 15 is 0 Å². The first kappa shape index (κ1) is 22.5. The van der Waals surface area contributed by atoms with Gasteiger partial charge in [-0.15, -0.1) is 0 Å². The van der Waals surface area contributed by atoms with Gasteiger partial charge in [-0.1, -0.05) is 12.1 Å². The third-order valence-electron chi connectivity index (χ3n) is 7.87. The first-order valence-electron chi connectivity index (χ1n) is 11.8. The van der Waals surface area contributed by atoms with E-state index in [4.69, 9.17) is 4.74 Å². The van der Waals surface area contributed by atoms with Crippen LogP contribution in [0.2, 0.25) is 0 Å². The van der Waals surface area contributed by atoms with Gasteiger partial charge in [0.15, 0.2) is 0 Å². The lowest BCUT2D eigenvalue weighted by atomic mass is 9.72. The molecule has 3 heterocycles. The predicted octanol–water partition coefficient (Wildman–Crippen LogP) is 4.30. The molecule has 34 heavy (non-hydrogen) atoms. The molecule has 2 atom stereocenters. The average molecular weight is 462 g/mol. The number of carboxylic acids is 1. The van der Waals surface area contributed by atoms with Gasteiger partial charge in [-0.2, -0.15) is 0 Å². The summed E-state index contributed by atoms with van der Waals surface area (Å²) in [5.74, 6) is 0.0832. The molecule has 2 fully saturated rings. The summed E-state index contributed by atoms with van der Waals surface area (Å²) in [4.78, 5) is 31.6. The average Bonchev–Trinajstić information content (AvgIpc) is 3.33. The number of nitrogens with zero attached hydrogens (tertiary/aromatic N) is 2. The van der Waals surface area contributed by atoms with Gasteiger partial charge in [0.2, 0.25) is 5.91 Å². The Balaban J connectivity index is 1.58. The summed E-state index contributed by atoms with van der Waals surface area (Å²) in [5, 5.41) is 10.6. The SMILES string of the molecule is COc1cc(C)c2[nH]ccc2c1CN1CC[C@@H]2C[C@@]1(c1ccc(C(=O)O)cc1)CCN2C(C)=O. The van der Waals surface area contributed by atoms with Crippen molar-refractivity contribution in [3.63, 3.8) is 0 Å². The van der Waals surface area contributed by atoms with Crippen LogP contribution in [-0.2, 0) is 16.9 Å². The molecule has 0 aliphatic carbocycles. The number of methoxy groups -OCH3 is 1. The highest BCUT2D eigenvalue weighted by atomic mass is 16.5. The highest BCUT2D eigenvalue weighted by molar-refractivity contribution is 5.88. The zero-order valence-corrected chi connectivity index (χ0v) is 19.9. The monoisotopic (exact) mass is 461 g/mol. The van der Waals surface area contributed by atoms with Crippen molar-refractivity contribution in [2.45, 2.75) is 51.2 Å². The second-order valence-corrected chi connectivity index (χ2v) is 9.59. The molecule has 3 aromatic rings. The fourth-order valence-electron chi connectivity index (χ4n) is 6.14. The van der Waals surface area contributed by atoms with Crippen LogP contribution in [0.1, 0.15) is 53.2 Å². The van der Waals surface area contributed by atoms with Gasteiger partial charge in [-0.05, 0) is 61.6 Å². The Morgan fingerprint density at radius 1 is 1.21 bits per heavy atom. The Kier molecular flexibility index (Phi) is 5.60. The summed E-state index contributed by atoms with van der Waals surface area (Å²) in [5.41, 5.74) is 4.55. The Morgan fingerprint density at radius 3 is 2.65 bits per heavy atom. The van der Waals surface area contributed by atoms with Crippen LogP contribution in [0.4, 0.5) is 0 Å². The van der Waals surface area contributed by atoms with Crippen LogP contribution in [0.25, 0.3) is 10.9 Å². The van der Waals surface area contributed by atoms with E-state index in [1.54, 1.807) is 26.2 Å². The number of hydrogen-bond donors (Lipinski definition) is 2. The molecular formula is C27H31N3O4. The summed E-state index contributed by atoms with van der Waals surface area (Å²) < 4.78 is 5.82.